The number of aromatic nitrogens is 2. The van der Waals surface area contributed by atoms with E-state index in [-0.39, 0.29) is 12.0 Å². The molecule has 24 heavy (non-hydrogen) atoms. The number of hydrogen-bond acceptors (Lipinski definition) is 6. The van der Waals surface area contributed by atoms with Crippen LogP contribution < -0.4 is 5.32 Å². The fourth-order valence-electron chi connectivity index (χ4n) is 1.80. The lowest BCUT2D eigenvalue weighted by molar-refractivity contribution is 0.0474. The number of rotatable bonds is 7. The van der Waals surface area contributed by atoms with Crippen molar-refractivity contribution in [2.24, 2.45) is 5.92 Å². The Kier molecular flexibility index (Phi) is 7.79. The molecule has 1 N–H and O–H groups in total. The largest absolute Gasteiger partial charge is 0.444 e. The van der Waals surface area contributed by atoms with Crippen LogP contribution in [0.3, 0.4) is 0 Å². The summed E-state index contributed by atoms with van der Waals surface area (Å²) in [6.07, 6.45) is 2.48. The van der Waals surface area contributed by atoms with E-state index >= 15 is 0 Å². The molecule has 1 unspecified atom stereocenters. The van der Waals surface area contributed by atoms with E-state index in [0.29, 0.717) is 11.1 Å². The van der Waals surface area contributed by atoms with Crippen molar-refractivity contribution < 1.29 is 13.9 Å². The summed E-state index contributed by atoms with van der Waals surface area (Å²) in [4.78, 5) is 12.1. The van der Waals surface area contributed by atoms with E-state index in [1.54, 1.807) is 0 Å². The summed E-state index contributed by atoms with van der Waals surface area (Å²) >= 11 is 1.47. The van der Waals surface area contributed by atoms with Crippen molar-refractivity contribution in [2.75, 3.05) is 5.75 Å². The van der Waals surface area contributed by atoms with Crippen molar-refractivity contribution in [1.82, 2.24) is 15.5 Å². The molecule has 0 spiro atoms. The number of ether oxygens (including phenoxy) is 1. The zero-order chi connectivity index (χ0) is 18.3. The Balaban J connectivity index is 2.80. The molecule has 1 heterocycles. The fraction of sp³-hybridized carbons (Fsp3) is 0.706. The van der Waals surface area contributed by atoms with Gasteiger partial charge >= 0.3 is 6.09 Å². The van der Waals surface area contributed by atoms with Crippen LogP contribution in [0.4, 0.5) is 4.79 Å². The van der Waals surface area contributed by atoms with Gasteiger partial charge in [0.25, 0.3) is 5.22 Å². The van der Waals surface area contributed by atoms with Gasteiger partial charge in [0.1, 0.15) is 11.6 Å². The lowest BCUT2D eigenvalue weighted by Gasteiger charge is -2.24. The smallest absolute Gasteiger partial charge is 0.408 e. The molecular formula is C17H29N3O3S. The van der Waals surface area contributed by atoms with E-state index in [0.717, 1.165) is 12.2 Å². The first-order chi connectivity index (χ1) is 11.1. The van der Waals surface area contributed by atoms with Crippen LogP contribution in [0.2, 0.25) is 0 Å². The number of carbonyl (C=O) groups excluding carboxylic acids is 1. The van der Waals surface area contributed by atoms with Crippen molar-refractivity contribution in [2.45, 2.75) is 71.8 Å². The molecule has 1 amide bonds. The van der Waals surface area contributed by atoms with Gasteiger partial charge in [0, 0.05) is 5.75 Å². The van der Waals surface area contributed by atoms with Crippen molar-refractivity contribution >= 4 is 17.9 Å². The van der Waals surface area contributed by atoms with Crippen molar-refractivity contribution in [3.05, 3.63) is 17.5 Å². The van der Waals surface area contributed by atoms with E-state index < -0.39 is 11.7 Å². The highest BCUT2D eigenvalue weighted by atomic mass is 32.2. The van der Waals surface area contributed by atoms with Gasteiger partial charge in [-0.05, 0) is 40.5 Å². The van der Waals surface area contributed by atoms with E-state index in [4.69, 9.17) is 9.15 Å². The van der Waals surface area contributed by atoms with Crippen LogP contribution in [0.25, 0.3) is 0 Å². The van der Waals surface area contributed by atoms with Crippen LogP contribution in [-0.2, 0) is 4.74 Å². The molecule has 136 valence electrons. The highest BCUT2D eigenvalue weighted by Crippen LogP contribution is 2.27. The van der Waals surface area contributed by atoms with Gasteiger partial charge in [-0.3, -0.25) is 0 Å². The summed E-state index contributed by atoms with van der Waals surface area (Å²) in [5.41, 5.74) is 0.691. The number of allylic oxidation sites excluding steroid dienone is 1. The van der Waals surface area contributed by atoms with Crippen LogP contribution in [-0.4, -0.2) is 27.6 Å². The molecule has 6 nitrogen and oxygen atoms in total. The minimum Gasteiger partial charge on any atom is -0.444 e. The maximum absolute atomic E-state index is 12.1. The van der Waals surface area contributed by atoms with Crippen molar-refractivity contribution in [3.63, 3.8) is 0 Å². The van der Waals surface area contributed by atoms with Crippen LogP contribution in [0.15, 0.2) is 21.3 Å². The third-order valence-electron chi connectivity index (χ3n) is 3.27. The average Bonchev–Trinajstić information content (AvgIpc) is 2.90. The average molecular weight is 356 g/mol. The lowest BCUT2D eigenvalue weighted by Crippen LogP contribution is -2.37. The summed E-state index contributed by atoms with van der Waals surface area (Å²) < 4.78 is 11.1. The highest BCUT2D eigenvalue weighted by molar-refractivity contribution is 7.99. The monoisotopic (exact) mass is 355 g/mol. The molecule has 0 aliphatic rings. The van der Waals surface area contributed by atoms with E-state index in [2.05, 4.69) is 28.5 Å². The highest BCUT2D eigenvalue weighted by Gasteiger charge is 2.28. The number of carbonyl (C=O) groups is 1. The molecule has 0 aromatic carbocycles. The Morgan fingerprint density at radius 3 is 2.58 bits per heavy atom. The summed E-state index contributed by atoms with van der Waals surface area (Å²) in [5.74, 6) is 1.33. The molecule has 0 fully saturated rings. The second-order valence-corrected chi connectivity index (χ2v) is 7.98. The van der Waals surface area contributed by atoms with Gasteiger partial charge in [-0.25, -0.2) is 4.79 Å². The Hall–Kier alpha value is -1.50. The Labute approximate surface area is 148 Å². The number of thioether (sulfide) groups is 1. The van der Waals surface area contributed by atoms with Gasteiger partial charge < -0.3 is 14.5 Å². The Morgan fingerprint density at radius 2 is 2.04 bits per heavy atom. The predicted octanol–water partition coefficient (Wildman–Crippen LogP) is 4.74. The minimum absolute atomic E-state index is 0.147. The van der Waals surface area contributed by atoms with Gasteiger partial charge in [0.2, 0.25) is 5.89 Å². The number of hydrogen-bond donors (Lipinski definition) is 1. The Morgan fingerprint density at radius 1 is 1.38 bits per heavy atom. The van der Waals surface area contributed by atoms with Gasteiger partial charge in [0.15, 0.2) is 0 Å². The van der Waals surface area contributed by atoms with Crippen LogP contribution in [0.5, 0.6) is 0 Å². The van der Waals surface area contributed by atoms with E-state index in [1.165, 1.54) is 17.3 Å². The minimum atomic E-state index is -0.551. The van der Waals surface area contributed by atoms with Crippen molar-refractivity contribution in [1.29, 1.82) is 0 Å². The van der Waals surface area contributed by atoms with Crippen molar-refractivity contribution in [3.8, 4) is 0 Å². The van der Waals surface area contributed by atoms with Gasteiger partial charge in [-0.1, -0.05) is 43.7 Å². The van der Waals surface area contributed by atoms with E-state index in [9.17, 15) is 4.79 Å². The lowest BCUT2D eigenvalue weighted by atomic mass is 9.99. The standard InChI is InChI=1S/C17H29N3O3S/c1-8-12(4)13(18-15(21)23-17(5,6)7)14-19-20-16(22-14)24-10-9-11(2)3/h9,12-13H,8,10H2,1-7H3,(H,18,21)/t12?,13-/m0/s1. The van der Waals surface area contributed by atoms with Gasteiger partial charge in [-0.15, -0.1) is 10.2 Å². The molecule has 0 bridgehead atoms. The topological polar surface area (TPSA) is 77.2 Å². The number of alkyl carbamates (subject to hydrolysis) is 1. The molecule has 0 saturated heterocycles. The first-order valence-electron chi connectivity index (χ1n) is 8.21. The first-order valence-corrected chi connectivity index (χ1v) is 9.20. The van der Waals surface area contributed by atoms with Crippen LogP contribution in [0.1, 0.15) is 66.8 Å². The van der Waals surface area contributed by atoms with Crippen LogP contribution in [0, 0.1) is 5.92 Å². The molecular weight excluding hydrogens is 326 g/mol. The third kappa shape index (κ3) is 7.38. The molecule has 0 saturated carbocycles. The van der Waals surface area contributed by atoms with Gasteiger partial charge in [-0.2, -0.15) is 0 Å². The molecule has 0 radical (unpaired) electrons. The molecule has 1 aromatic rings. The molecule has 0 aliphatic carbocycles. The summed E-state index contributed by atoms with van der Waals surface area (Å²) in [7, 11) is 0. The number of nitrogens with zero attached hydrogens (tertiary/aromatic N) is 2. The molecule has 1 rings (SSSR count). The second-order valence-electron chi connectivity index (χ2n) is 7.01. The number of amides is 1. The number of nitrogens with one attached hydrogen (secondary N) is 1. The zero-order valence-corrected chi connectivity index (χ0v) is 16.5. The summed E-state index contributed by atoms with van der Waals surface area (Å²) in [6, 6.07) is -0.366. The Bertz CT molecular complexity index is 560. The maximum atomic E-state index is 12.1. The molecule has 2 atom stereocenters. The second kappa shape index (κ2) is 9.11. The van der Waals surface area contributed by atoms with E-state index in [1.807, 2.05) is 41.5 Å². The third-order valence-corrected chi connectivity index (χ3v) is 4.02. The predicted molar refractivity (Wildman–Crippen MR) is 96.0 cm³/mol. The molecule has 0 aliphatic heterocycles. The molecule has 7 heteroatoms. The van der Waals surface area contributed by atoms with Gasteiger partial charge in [0.05, 0.1) is 0 Å². The summed E-state index contributed by atoms with van der Waals surface area (Å²) in [6.45, 7) is 13.7. The normalized spacial score (nSPS) is 14.0. The SMILES string of the molecule is CCC(C)[C@H](NC(=O)OC(C)(C)C)c1nnc(SCC=C(C)C)o1. The summed E-state index contributed by atoms with van der Waals surface area (Å²) in [5, 5.41) is 11.5. The van der Waals surface area contributed by atoms with Crippen LogP contribution >= 0.6 is 11.8 Å². The molecule has 1 aromatic heterocycles. The zero-order valence-electron chi connectivity index (χ0n) is 15.7. The fourth-order valence-corrected chi connectivity index (χ4v) is 2.60. The first kappa shape index (κ1) is 20.5. The quantitative estimate of drug-likeness (QED) is 0.562. The maximum Gasteiger partial charge on any atom is 0.408 e.